The lowest BCUT2D eigenvalue weighted by molar-refractivity contribution is -0.167. The van der Waals surface area contributed by atoms with Crippen LogP contribution in [-0.2, 0) is 28.6 Å². The van der Waals surface area contributed by atoms with Gasteiger partial charge < -0.3 is 14.2 Å². The number of hydrogen-bond acceptors (Lipinski definition) is 6. The topological polar surface area (TPSA) is 78.9 Å². The van der Waals surface area contributed by atoms with Gasteiger partial charge in [-0.2, -0.15) is 0 Å². The van der Waals surface area contributed by atoms with Gasteiger partial charge in [0.1, 0.15) is 13.2 Å². The normalized spacial score (nSPS) is 11.9. The third kappa shape index (κ3) is 39.6. The summed E-state index contributed by atoms with van der Waals surface area (Å²) in [5, 5.41) is 0. The molecule has 1 atom stereocenters. The lowest BCUT2D eigenvalue weighted by Crippen LogP contribution is -2.30. The SMILES string of the molecule is CCCCCCCCCCCCCC(=O)O[C@@H](COC(=O)CCCCCCCCCCCC)COC(=O)CCCCCCCCCCCCC(C)C. The van der Waals surface area contributed by atoms with Crippen LogP contribution in [0.3, 0.4) is 0 Å². The van der Waals surface area contributed by atoms with Crippen LogP contribution in [0.5, 0.6) is 0 Å². The van der Waals surface area contributed by atoms with Gasteiger partial charge in [-0.05, 0) is 25.2 Å². The molecule has 6 heteroatoms. The third-order valence-electron chi connectivity index (χ3n) is 10.3. The van der Waals surface area contributed by atoms with Gasteiger partial charge in [-0.25, -0.2) is 0 Å². The van der Waals surface area contributed by atoms with Gasteiger partial charge in [0, 0.05) is 19.3 Å². The van der Waals surface area contributed by atoms with E-state index in [4.69, 9.17) is 14.2 Å². The maximum atomic E-state index is 12.7. The zero-order chi connectivity index (χ0) is 38.2. The molecule has 0 aliphatic rings. The summed E-state index contributed by atoms with van der Waals surface area (Å²) >= 11 is 0. The molecule has 0 aromatic rings. The average molecular weight is 737 g/mol. The van der Waals surface area contributed by atoms with E-state index < -0.39 is 6.10 Å². The predicted octanol–water partition coefficient (Wildman–Crippen LogP) is 14.3. The van der Waals surface area contributed by atoms with Gasteiger partial charge in [0.15, 0.2) is 6.10 Å². The first-order chi connectivity index (χ1) is 25.4. The number of esters is 3. The molecule has 52 heavy (non-hydrogen) atoms. The van der Waals surface area contributed by atoms with Crippen molar-refractivity contribution in [3.05, 3.63) is 0 Å². The van der Waals surface area contributed by atoms with Crippen molar-refractivity contribution in [2.45, 2.75) is 259 Å². The van der Waals surface area contributed by atoms with Crippen LogP contribution in [0, 0.1) is 5.92 Å². The summed E-state index contributed by atoms with van der Waals surface area (Å²) < 4.78 is 16.7. The zero-order valence-corrected chi connectivity index (χ0v) is 35.3. The van der Waals surface area contributed by atoms with E-state index in [9.17, 15) is 14.4 Å². The standard InChI is InChI=1S/C46H88O6/c1-5-7-9-11-13-15-17-23-27-31-35-39-46(49)52-43(40-50-44(47)37-33-29-25-21-16-14-12-10-8-6-2)41-51-45(48)38-34-30-26-22-19-18-20-24-28-32-36-42(3)4/h42-43H,5-41H2,1-4H3/t43-/m0/s1. The minimum atomic E-state index is -0.758. The van der Waals surface area contributed by atoms with E-state index in [0.29, 0.717) is 19.3 Å². The molecule has 0 aliphatic heterocycles. The molecule has 308 valence electrons. The molecule has 0 spiro atoms. The first kappa shape index (κ1) is 50.4. The molecule has 6 nitrogen and oxygen atoms in total. The second-order valence-electron chi connectivity index (χ2n) is 16.2. The Morgan fingerprint density at radius 1 is 0.365 bits per heavy atom. The van der Waals surface area contributed by atoms with E-state index in [2.05, 4.69) is 27.7 Å². The third-order valence-corrected chi connectivity index (χ3v) is 10.3. The number of ether oxygens (including phenoxy) is 3. The molecule has 0 rings (SSSR count). The minimum absolute atomic E-state index is 0.0639. The van der Waals surface area contributed by atoms with Gasteiger partial charge in [0.25, 0.3) is 0 Å². The quantitative estimate of drug-likeness (QED) is 0.0353. The molecular weight excluding hydrogens is 648 g/mol. The summed E-state index contributed by atoms with van der Waals surface area (Å²) in [6.07, 6.45) is 39.4. The van der Waals surface area contributed by atoms with Crippen LogP contribution in [0.25, 0.3) is 0 Å². The summed E-state index contributed by atoms with van der Waals surface area (Å²) in [7, 11) is 0. The van der Waals surface area contributed by atoms with E-state index in [0.717, 1.165) is 63.7 Å². The van der Waals surface area contributed by atoms with E-state index in [-0.39, 0.29) is 31.1 Å². The van der Waals surface area contributed by atoms with Crippen LogP contribution in [0.15, 0.2) is 0 Å². The Balaban J connectivity index is 4.32. The molecule has 0 fully saturated rings. The Bertz CT molecular complexity index is 781. The summed E-state index contributed by atoms with van der Waals surface area (Å²) in [4.78, 5) is 37.7. The number of hydrogen-bond donors (Lipinski definition) is 0. The number of carbonyl (C=O) groups is 3. The average Bonchev–Trinajstić information content (AvgIpc) is 3.12. The smallest absolute Gasteiger partial charge is 0.306 e. The summed E-state index contributed by atoms with van der Waals surface area (Å²) in [6, 6.07) is 0. The van der Waals surface area contributed by atoms with Crippen molar-refractivity contribution in [1.29, 1.82) is 0 Å². The fraction of sp³-hybridized carbons (Fsp3) is 0.935. The molecule has 0 radical (unpaired) electrons. The highest BCUT2D eigenvalue weighted by molar-refractivity contribution is 5.71. The van der Waals surface area contributed by atoms with E-state index in [1.54, 1.807) is 0 Å². The first-order valence-corrected chi connectivity index (χ1v) is 22.9. The molecule has 0 aromatic carbocycles. The maximum absolute atomic E-state index is 12.7. The second kappa shape index (κ2) is 40.6. The molecule has 0 saturated heterocycles. The van der Waals surface area contributed by atoms with Crippen molar-refractivity contribution in [1.82, 2.24) is 0 Å². The molecule has 0 heterocycles. The number of carbonyl (C=O) groups excluding carboxylic acids is 3. The lowest BCUT2D eigenvalue weighted by Gasteiger charge is -2.18. The van der Waals surface area contributed by atoms with Crippen LogP contribution in [0.4, 0.5) is 0 Å². The van der Waals surface area contributed by atoms with E-state index >= 15 is 0 Å². The second-order valence-corrected chi connectivity index (χ2v) is 16.2. The van der Waals surface area contributed by atoms with Crippen molar-refractivity contribution < 1.29 is 28.6 Å². The molecule has 0 unspecified atom stereocenters. The lowest BCUT2D eigenvalue weighted by atomic mass is 10.0. The largest absolute Gasteiger partial charge is 0.462 e. The highest BCUT2D eigenvalue weighted by Crippen LogP contribution is 2.16. The van der Waals surface area contributed by atoms with Crippen LogP contribution >= 0.6 is 0 Å². The summed E-state index contributed by atoms with van der Waals surface area (Å²) in [5.74, 6) is -0.0371. The van der Waals surface area contributed by atoms with Crippen LogP contribution < -0.4 is 0 Å². The highest BCUT2D eigenvalue weighted by atomic mass is 16.6. The van der Waals surface area contributed by atoms with Crippen molar-refractivity contribution in [3.63, 3.8) is 0 Å². The number of rotatable bonds is 41. The Hall–Kier alpha value is -1.59. The number of unbranched alkanes of at least 4 members (excludes halogenated alkanes) is 28. The molecule has 0 N–H and O–H groups in total. The van der Waals surface area contributed by atoms with Gasteiger partial charge in [0.2, 0.25) is 0 Å². The van der Waals surface area contributed by atoms with E-state index in [1.165, 1.54) is 148 Å². The molecule has 0 bridgehead atoms. The van der Waals surface area contributed by atoms with Crippen LogP contribution in [-0.4, -0.2) is 37.2 Å². The van der Waals surface area contributed by atoms with Gasteiger partial charge in [0.05, 0.1) is 0 Å². The van der Waals surface area contributed by atoms with Crippen LogP contribution in [0.1, 0.15) is 252 Å². The molecule has 0 aromatic heterocycles. The Kier molecular flexibility index (Phi) is 39.4. The molecule has 0 saturated carbocycles. The van der Waals surface area contributed by atoms with Crippen molar-refractivity contribution in [2.24, 2.45) is 5.92 Å². The molecule has 0 amide bonds. The highest BCUT2D eigenvalue weighted by Gasteiger charge is 2.19. The monoisotopic (exact) mass is 737 g/mol. The first-order valence-electron chi connectivity index (χ1n) is 22.9. The molecule has 0 aliphatic carbocycles. The van der Waals surface area contributed by atoms with Crippen molar-refractivity contribution >= 4 is 17.9 Å². The fourth-order valence-corrected chi connectivity index (χ4v) is 6.80. The van der Waals surface area contributed by atoms with Gasteiger partial charge in [-0.15, -0.1) is 0 Å². The Labute approximate surface area is 323 Å². The Morgan fingerprint density at radius 3 is 0.942 bits per heavy atom. The van der Waals surface area contributed by atoms with Gasteiger partial charge in [-0.1, -0.05) is 214 Å². The predicted molar refractivity (Wildman–Crippen MR) is 220 cm³/mol. The van der Waals surface area contributed by atoms with Gasteiger partial charge >= 0.3 is 17.9 Å². The summed E-state index contributed by atoms with van der Waals surface area (Å²) in [5.41, 5.74) is 0. The fourth-order valence-electron chi connectivity index (χ4n) is 6.80. The maximum Gasteiger partial charge on any atom is 0.306 e. The van der Waals surface area contributed by atoms with Gasteiger partial charge in [-0.3, -0.25) is 14.4 Å². The zero-order valence-electron chi connectivity index (χ0n) is 35.3. The Morgan fingerprint density at radius 2 is 0.635 bits per heavy atom. The summed E-state index contributed by atoms with van der Waals surface area (Å²) in [6.45, 7) is 8.97. The molecular formula is C46H88O6. The van der Waals surface area contributed by atoms with Crippen molar-refractivity contribution in [3.8, 4) is 0 Å². The van der Waals surface area contributed by atoms with Crippen LogP contribution in [0.2, 0.25) is 0 Å². The van der Waals surface area contributed by atoms with Crippen molar-refractivity contribution in [2.75, 3.05) is 13.2 Å². The van der Waals surface area contributed by atoms with E-state index in [1.807, 2.05) is 0 Å². The minimum Gasteiger partial charge on any atom is -0.462 e.